The Morgan fingerprint density at radius 3 is 2.81 bits per heavy atom. The Kier molecular flexibility index (Phi) is 5.87. The zero-order chi connectivity index (χ0) is 22.8. The van der Waals surface area contributed by atoms with Gasteiger partial charge in [-0.25, -0.2) is 4.79 Å². The Morgan fingerprint density at radius 1 is 1.25 bits per heavy atom. The van der Waals surface area contributed by atoms with Gasteiger partial charge in [0.05, 0.1) is 5.39 Å². The zero-order valence-electron chi connectivity index (χ0n) is 17.0. The van der Waals surface area contributed by atoms with E-state index < -0.39 is 23.5 Å². The van der Waals surface area contributed by atoms with E-state index in [1.165, 1.54) is 0 Å². The number of hydrogen-bond acceptors (Lipinski definition) is 6. The maximum atomic E-state index is 13.1. The number of carbonyl (C=O) groups is 3. The Bertz CT molecular complexity index is 1310. The highest BCUT2D eigenvalue weighted by Gasteiger charge is 2.30. The van der Waals surface area contributed by atoms with Crippen LogP contribution in [-0.2, 0) is 16.1 Å². The van der Waals surface area contributed by atoms with E-state index in [2.05, 4.69) is 26.3 Å². The summed E-state index contributed by atoms with van der Waals surface area (Å²) in [5.74, 6) is -0.984. The van der Waals surface area contributed by atoms with Crippen molar-refractivity contribution >= 4 is 46.0 Å². The number of aryl methyl sites for hydroxylation is 1. The molecule has 1 atom stereocenters. The van der Waals surface area contributed by atoms with Gasteiger partial charge in [-0.2, -0.15) is 4.68 Å². The molecule has 0 saturated carbocycles. The van der Waals surface area contributed by atoms with Crippen molar-refractivity contribution in [1.29, 1.82) is 0 Å². The maximum absolute atomic E-state index is 13.1. The predicted octanol–water partition coefficient (Wildman–Crippen LogP) is 2.05. The molecule has 0 bridgehead atoms. The second-order valence-corrected chi connectivity index (χ2v) is 7.80. The first-order valence-electron chi connectivity index (χ1n) is 9.85. The number of benzene rings is 2. The molecule has 4 amide bonds. The largest absolute Gasteiger partial charge is 0.334 e. The minimum absolute atomic E-state index is 0.0407. The van der Waals surface area contributed by atoms with Crippen molar-refractivity contribution in [2.75, 3.05) is 5.32 Å². The quantitative estimate of drug-likeness (QED) is 0.516. The van der Waals surface area contributed by atoms with Crippen LogP contribution in [0, 0.1) is 6.92 Å². The van der Waals surface area contributed by atoms with E-state index in [4.69, 9.17) is 11.6 Å². The van der Waals surface area contributed by atoms with Gasteiger partial charge in [-0.05, 0) is 42.7 Å². The highest BCUT2D eigenvalue weighted by molar-refractivity contribution is 6.31. The molecule has 10 nitrogen and oxygen atoms in total. The van der Waals surface area contributed by atoms with Crippen molar-refractivity contribution in [2.45, 2.75) is 32.4 Å². The van der Waals surface area contributed by atoms with E-state index in [1.807, 2.05) is 6.92 Å². The molecule has 3 N–H and O–H groups in total. The molecule has 2 aromatic carbocycles. The van der Waals surface area contributed by atoms with Gasteiger partial charge in [0.2, 0.25) is 5.91 Å². The number of anilines is 1. The third kappa shape index (κ3) is 4.30. The van der Waals surface area contributed by atoms with Gasteiger partial charge < -0.3 is 10.6 Å². The summed E-state index contributed by atoms with van der Waals surface area (Å²) >= 11 is 6.08. The van der Waals surface area contributed by atoms with Crippen molar-refractivity contribution in [3.05, 3.63) is 62.9 Å². The van der Waals surface area contributed by atoms with Crippen LogP contribution in [0.25, 0.3) is 10.9 Å². The van der Waals surface area contributed by atoms with Crippen molar-refractivity contribution in [3.8, 4) is 0 Å². The summed E-state index contributed by atoms with van der Waals surface area (Å²) in [5, 5.41) is 16.3. The van der Waals surface area contributed by atoms with Crippen LogP contribution < -0.4 is 21.5 Å². The smallest absolute Gasteiger partial charge is 0.319 e. The molecule has 3 aromatic rings. The average molecular weight is 455 g/mol. The van der Waals surface area contributed by atoms with Gasteiger partial charge in [-0.1, -0.05) is 35.0 Å². The summed E-state index contributed by atoms with van der Waals surface area (Å²) in [6.07, 6.45) is 0.266. The third-order valence-electron chi connectivity index (χ3n) is 5.17. The number of nitrogens with one attached hydrogen (secondary N) is 3. The number of nitrogens with zero attached hydrogens (tertiary/aromatic N) is 3. The van der Waals surface area contributed by atoms with E-state index in [-0.39, 0.29) is 30.7 Å². The van der Waals surface area contributed by atoms with Crippen LogP contribution in [0.5, 0.6) is 0 Å². The van der Waals surface area contributed by atoms with Crippen molar-refractivity contribution < 1.29 is 14.4 Å². The fraction of sp³-hybridized carbons (Fsp3) is 0.238. The van der Waals surface area contributed by atoms with Crippen LogP contribution in [0.3, 0.4) is 0 Å². The average Bonchev–Trinajstić information content (AvgIpc) is 2.76. The molecule has 1 aliphatic heterocycles. The number of hydrogen-bond donors (Lipinski definition) is 3. The number of piperidine rings is 1. The fourth-order valence-electron chi connectivity index (χ4n) is 3.46. The second-order valence-electron chi connectivity index (χ2n) is 7.39. The van der Waals surface area contributed by atoms with Gasteiger partial charge in [0.15, 0.2) is 0 Å². The number of urea groups is 1. The zero-order valence-corrected chi connectivity index (χ0v) is 17.8. The molecule has 1 fully saturated rings. The molecule has 4 rings (SSSR count). The van der Waals surface area contributed by atoms with Crippen LogP contribution in [-0.4, -0.2) is 32.8 Å². The van der Waals surface area contributed by atoms with E-state index in [0.717, 1.165) is 10.2 Å². The van der Waals surface area contributed by atoms with Gasteiger partial charge in [0.1, 0.15) is 11.6 Å². The lowest BCUT2D eigenvalue weighted by Crippen LogP contribution is -2.45. The SMILES string of the molecule is Cc1ccc(NC(=O)NCc2cccc3nnn(C4CCC(=O)NC4=O)c(=O)c23)cc1Cl. The van der Waals surface area contributed by atoms with Crippen molar-refractivity contribution in [2.24, 2.45) is 0 Å². The molecule has 0 spiro atoms. The van der Waals surface area contributed by atoms with Gasteiger partial charge in [0.25, 0.3) is 11.5 Å². The number of carbonyl (C=O) groups excluding carboxylic acids is 3. The molecular weight excluding hydrogens is 436 g/mol. The van der Waals surface area contributed by atoms with Crippen LogP contribution in [0.15, 0.2) is 41.2 Å². The molecular formula is C21H19ClN6O4. The number of amides is 4. The Balaban J connectivity index is 1.56. The lowest BCUT2D eigenvalue weighted by atomic mass is 10.1. The summed E-state index contributed by atoms with van der Waals surface area (Å²) in [5.41, 5.74) is 1.75. The second kappa shape index (κ2) is 8.75. The van der Waals surface area contributed by atoms with Gasteiger partial charge in [0, 0.05) is 23.7 Å². The minimum atomic E-state index is -0.923. The van der Waals surface area contributed by atoms with Crippen LogP contribution in [0.4, 0.5) is 10.5 Å². The van der Waals surface area contributed by atoms with Crippen LogP contribution >= 0.6 is 11.6 Å². The van der Waals surface area contributed by atoms with E-state index in [9.17, 15) is 19.2 Å². The minimum Gasteiger partial charge on any atom is -0.334 e. The molecule has 0 radical (unpaired) electrons. The van der Waals surface area contributed by atoms with Crippen LogP contribution in [0.1, 0.15) is 30.0 Å². The van der Waals surface area contributed by atoms with Gasteiger partial charge in [-0.15, -0.1) is 5.10 Å². The molecule has 1 saturated heterocycles. The number of fused-ring (bicyclic) bond motifs is 1. The van der Waals surface area contributed by atoms with E-state index in [0.29, 0.717) is 21.8 Å². The lowest BCUT2D eigenvalue weighted by molar-refractivity contribution is -0.136. The van der Waals surface area contributed by atoms with E-state index in [1.54, 1.807) is 36.4 Å². The van der Waals surface area contributed by atoms with Crippen molar-refractivity contribution in [1.82, 2.24) is 25.6 Å². The van der Waals surface area contributed by atoms with E-state index >= 15 is 0 Å². The Morgan fingerprint density at radius 2 is 2.06 bits per heavy atom. The summed E-state index contributed by atoms with van der Waals surface area (Å²) in [6.45, 7) is 1.90. The molecule has 2 heterocycles. The molecule has 1 aliphatic rings. The topological polar surface area (TPSA) is 135 Å². The standard InChI is InChI=1S/C21H19ClN6O4/c1-11-5-6-13(9-14(11)22)24-21(32)23-10-12-3-2-4-15-18(12)20(31)28(27-26-15)16-7-8-17(29)25-19(16)30/h2-6,9,16H,7-8,10H2,1H3,(H2,23,24,32)(H,25,29,30). The Hall–Kier alpha value is -3.79. The summed E-state index contributed by atoms with van der Waals surface area (Å²) in [6, 6.07) is 8.76. The first-order chi connectivity index (χ1) is 15.3. The van der Waals surface area contributed by atoms with Gasteiger partial charge in [-0.3, -0.25) is 19.7 Å². The maximum Gasteiger partial charge on any atom is 0.319 e. The normalized spacial score (nSPS) is 16.0. The number of rotatable bonds is 4. The molecule has 32 heavy (non-hydrogen) atoms. The van der Waals surface area contributed by atoms with Gasteiger partial charge >= 0.3 is 6.03 Å². The molecule has 1 unspecified atom stereocenters. The summed E-state index contributed by atoms with van der Waals surface area (Å²) < 4.78 is 0.988. The first kappa shape index (κ1) is 21.4. The number of aromatic nitrogens is 3. The Labute approximate surface area is 186 Å². The lowest BCUT2D eigenvalue weighted by Gasteiger charge is -2.21. The third-order valence-corrected chi connectivity index (χ3v) is 5.58. The number of imide groups is 1. The molecule has 164 valence electrons. The summed E-state index contributed by atoms with van der Waals surface area (Å²) in [7, 11) is 0. The molecule has 0 aliphatic carbocycles. The van der Waals surface area contributed by atoms with Crippen LogP contribution in [0.2, 0.25) is 5.02 Å². The highest BCUT2D eigenvalue weighted by Crippen LogP contribution is 2.20. The predicted molar refractivity (Wildman–Crippen MR) is 117 cm³/mol. The molecule has 1 aromatic heterocycles. The molecule has 11 heteroatoms. The monoisotopic (exact) mass is 454 g/mol. The fourth-order valence-corrected chi connectivity index (χ4v) is 3.64. The summed E-state index contributed by atoms with van der Waals surface area (Å²) in [4.78, 5) is 49.0. The van der Waals surface area contributed by atoms with Crippen molar-refractivity contribution in [3.63, 3.8) is 0 Å². The first-order valence-corrected chi connectivity index (χ1v) is 10.2. The number of halogens is 1. The highest BCUT2D eigenvalue weighted by atomic mass is 35.5.